The van der Waals surface area contributed by atoms with Gasteiger partial charge in [-0.05, 0) is 12.8 Å². The lowest BCUT2D eigenvalue weighted by atomic mass is 10.2. The zero-order valence-electron chi connectivity index (χ0n) is 9.83. The fourth-order valence-electron chi connectivity index (χ4n) is 1.26. The van der Waals surface area contributed by atoms with Crippen LogP contribution in [0.2, 0.25) is 0 Å². The maximum atomic E-state index is 11.8. The van der Waals surface area contributed by atoms with Gasteiger partial charge in [0, 0.05) is 13.0 Å². The van der Waals surface area contributed by atoms with Gasteiger partial charge in [-0.1, -0.05) is 0 Å². The lowest BCUT2D eigenvalue weighted by molar-refractivity contribution is -0.118. The first-order chi connectivity index (χ1) is 8.84. The van der Waals surface area contributed by atoms with E-state index in [9.17, 15) is 18.0 Å². The highest BCUT2D eigenvalue weighted by molar-refractivity contribution is 7.91. The molecule has 0 spiro atoms. The number of hydrogen-bond donors (Lipinski definition) is 3. The number of thiazole rings is 1. The number of rotatable bonds is 8. The fourth-order valence-corrected chi connectivity index (χ4v) is 3.52. The predicted octanol–water partition coefficient (Wildman–Crippen LogP) is -0.225. The Hall–Kier alpha value is -1.52. The standard InChI is InChI=1S/C9H13N3O5S2/c10-6(13)3-1-2-4-12-19(16,17)9-7(8(14)15)11-5-18-9/h5,12H,1-4H2,(H2,10,13)(H,14,15). The van der Waals surface area contributed by atoms with Crippen molar-refractivity contribution in [1.82, 2.24) is 9.71 Å². The van der Waals surface area contributed by atoms with Crippen molar-refractivity contribution in [3.63, 3.8) is 0 Å². The molecule has 0 fully saturated rings. The molecule has 0 aliphatic rings. The minimum absolute atomic E-state index is 0.104. The second kappa shape index (κ2) is 6.59. The number of primary amides is 1. The Morgan fingerprint density at radius 1 is 1.42 bits per heavy atom. The van der Waals surface area contributed by atoms with Crippen molar-refractivity contribution in [2.75, 3.05) is 6.54 Å². The Kier molecular flexibility index (Phi) is 5.39. The molecule has 4 N–H and O–H groups in total. The first-order valence-electron chi connectivity index (χ1n) is 5.29. The van der Waals surface area contributed by atoms with Gasteiger partial charge in [0.15, 0.2) is 9.90 Å². The number of hydrogen-bond acceptors (Lipinski definition) is 6. The lowest BCUT2D eigenvalue weighted by Crippen LogP contribution is -2.26. The molecular formula is C9H13N3O5S2. The molecule has 1 rings (SSSR count). The summed E-state index contributed by atoms with van der Waals surface area (Å²) in [5.74, 6) is -1.84. The van der Waals surface area contributed by atoms with Gasteiger partial charge in [-0.2, -0.15) is 0 Å². The molecule has 0 aliphatic heterocycles. The fraction of sp³-hybridized carbons (Fsp3) is 0.444. The van der Waals surface area contributed by atoms with Crippen molar-refractivity contribution >= 4 is 33.2 Å². The maximum Gasteiger partial charge on any atom is 0.356 e. The highest BCUT2D eigenvalue weighted by Crippen LogP contribution is 2.19. The number of aromatic carboxylic acids is 1. The molecule has 0 atom stereocenters. The van der Waals surface area contributed by atoms with Crippen LogP contribution in [-0.2, 0) is 14.8 Å². The average molecular weight is 307 g/mol. The van der Waals surface area contributed by atoms with Gasteiger partial charge in [0.05, 0.1) is 5.51 Å². The monoisotopic (exact) mass is 307 g/mol. The SMILES string of the molecule is NC(=O)CCCCNS(=O)(=O)c1scnc1C(=O)O. The number of carboxylic acid groups (broad SMARTS) is 1. The Balaban J connectivity index is 2.59. The maximum absolute atomic E-state index is 11.8. The van der Waals surface area contributed by atoms with E-state index in [0.29, 0.717) is 12.8 Å². The van der Waals surface area contributed by atoms with Crippen LogP contribution in [0.3, 0.4) is 0 Å². The van der Waals surface area contributed by atoms with Gasteiger partial charge in [0.1, 0.15) is 0 Å². The molecule has 0 saturated carbocycles. The molecular weight excluding hydrogens is 294 g/mol. The third-order valence-electron chi connectivity index (χ3n) is 2.12. The van der Waals surface area contributed by atoms with Crippen LogP contribution in [0.25, 0.3) is 0 Å². The Labute approximate surface area is 113 Å². The molecule has 1 aromatic rings. The van der Waals surface area contributed by atoms with Crippen LogP contribution in [0.5, 0.6) is 0 Å². The molecule has 19 heavy (non-hydrogen) atoms. The summed E-state index contributed by atoms with van der Waals surface area (Å²) < 4.78 is 25.6. The summed E-state index contributed by atoms with van der Waals surface area (Å²) in [6, 6.07) is 0. The lowest BCUT2D eigenvalue weighted by Gasteiger charge is -2.04. The van der Waals surface area contributed by atoms with Gasteiger partial charge < -0.3 is 10.8 Å². The largest absolute Gasteiger partial charge is 0.476 e. The molecule has 0 radical (unpaired) electrons. The van der Waals surface area contributed by atoms with E-state index in [0.717, 1.165) is 16.8 Å². The smallest absolute Gasteiger partial charge is 0.356 e. The van der Waals surface area contributed by atoms with Crippen molar-refractivity contribution < 1.29 is 23.1 Å². The summed E-state index contributed by atoms with van der Waals surface area (Å²) in [4.78, 5) is 24.7. The summed E-state index contributed by atoms with van der Waals surface area (Å²) in [7, 11) is -3.88. The van der Waals surface area contributed by atoms with Gasteiger partial charge in [0.2, 0.25) is 5.91 Å². The molecule has 106 valence electrons. The normalized spacial score (nSPS) is 11.4. The molecule has 1 aromatic heterocycles. The Bertz CT molecular complexity index is 566. The van der Waals surface area contributed by atoms with Crippen molar-refractivity contribution in [3.8, 4) is 0 Å². The quantitative estimate of drug-likeness (QED) is 0.567. The van der Waals surface area contributed by atoms with E-state index in [1.807, 2.05) is 0 Å². The van der Waals surface area contributed by atoms with Crippen LogP contribution in [0, 0.1) is 0 Å². The van der Waals surface area contributed by atoms with Crippen LogP contribution in [-0.4, -0.2) is 36.9 Å². The molecule has 8 nitrogen and oxygen atoms in total. The summed E-state index contributed by atoms with van der Waals surface area (Å²) >= 11 is 0.737. The highest BCUT2D eigenvalue weighted by atomic mass is 32.2. The van der Waals surface area contributed by atoms with Crippen LogP contribution < -0.4 is 10.5 Å². The average Bonchev–Trinajstić information content (AvgIpc) is 2.77. The van der Waals surface area contributed by atoms with E-state index in [1.54, 1.807) is 0 Å². The van der Waals surface area contributed by atoms with E-state index < -0.39 is 27.6 Å². The first kappa shape index (κ1) is 15.5. The van der Waals surface area contributed by atoms with Crippen molar-refractivity contribution in [1.29, 1.82) is 0 Å². The molecule has 0 unspecified atom stereocenters. The molecule has 0 bridgehead atoms. The number of aromatic nitrogens is 1. The van der Waals surface area contributed by atoms with Crippen molar-refractivity contribution in [2.45, 2.75) is 23.5 Å². The van der Waals surface area contributed by atoms with E-state index in [-0.39, 0.29) is 17.2 Å². The number of sulfonamides is 1. The second-order valence-corrected chi connectivity index (χ2v) is 6.43. The van der Waals surface area contributed by atoms with Crippen LogP contribution in [0.15, 0.2) is 9.72 Å². The number of carbonyl (C=O) groups excluding carboxylic acids is 1. The van der Waals surface area contributed by atoms with Crippen molar-refractivity contribution in [3.05, 3.63) is 11.2 Å². The Morgan fingerprint density at radius 2 is 2.11 bits per heavy atom. The number of carboxylic acids is 1. The number of unbranched alkanes of at least 4 members (excludes halogenated alkanes) is 1. The molecule has 10 heteroatoms. The minimum Gasteiger partial charge on any atom is -0.476 e. The van der Waals surface area contributed by atoms with Crippen LogP contribution in [0.1, 0.15) is 29.8 Å². The molecule has 1 amide bonds. The first-order valence-corrected chi connectivity index (χ1v) is 7.65. The van der Waals surface area contributed by atoms with Crippen molar-refractivity contribution in [2.24, 2.45) is 5.73 Å². The Morgan fingerprint density at radius 3 is 2.68 bits per heavy atom. The van der Waals surface area contributed by atoms with E-state index >= 15 is 0 Å². The minimum atomic E-state index is -3.88. The van der Waals surface area contributed by atoms with Crippen LogP contribution in [0.4, 0.5) is 0 Å². The number of carbonyl (C=O) groups is 2. The van der Waals surface area contributed by atoms with Gasteiger partial charge >= 0.3 is 5.97 Å². The van der Waals surface area contributed by atoms with Gasteiger partial charge in [-0.3, -0.25) is 4.79 Å². The topological polar surface area (TPSA) is 139 Å². The molecule has 0 saturated heterocycles. The van der Waals surface area contributed by atoms with E-state index in [4.69, 9.17) is 10.8 Å². The summed E-state index contributed by atoms with van der Waals surface area (Å²) in [5.41, 5.74) is 5.61. The third kappa shape index (κ3) is 4.58. The van der Waals surface area contributed by atoms with E-state index in [1.165, 1.54) is 0 Å². The number of amides is 1. The summed E-state index contributed by atoms with van der Waals surface area (Å²) in [6.07, 6.45) is 1.08. The number of nitrogens with one attached hydrogen (secondary N) is 1. The summed E-state index contributed by atoms with van der Waals surface area (Å²) in [5, 5.41) is 8.79. The number of nitrogens with two attached hydrogens (primary N) is 1. The molecule has 0 aromatic carbocycles. The molecule has 0 aliphatic carbocycles. The predicted molar refractivity (Wildman–Crippen MR) is 67.3 cm³/mol. The zero-order chi connectivity index (χ0) is 14.5. The third-order valence-corrected chi connectivity index (χ3v) is 4.95. The van der Waals surface area contributed by atoms with Crippen LogP contribution >= 0.6 is 11.3 Å². The van der Waals surface area contributed by atoms with Gasteiger partial charge in [0.25, 0.3) is 10.0 Å². The zero-order valence-corrected chi connectivity index (χ0v) is 11.5. The number of nitrogens with zero attached hydrogens (tertiary/aromatic N) is 1. The van der Waals surface area contributed by atoms with Gasteiger partial charge in [-0.25, -0.2) is 22.9 Å². The van der Waals surface area contributed by atoms with E-state index in [2.05, 4.69) is 9.71 Å². The van der Waals surface area contributed by atoms with Gasteiger partial charge in [-0.15, -0.1) is 11.3 Å². The summed E-state index contributed by atoms with van der Waals surface area (Å²) in [6.45, 7) is 0.104. The second-order valence-electron chi connectivity index (χ2n) is 3.61. The highest BCUT2D eigenvalue weighted by Gasteiger charge is 2.25. The molecule has 1 heterocycles.